The van der Waals surface area contributed by atoms with Gasteiger partial charge in [-0.25, -0.2) is 9.78 Å². The molecule has 0 saturated carbocycles. The molecular formula is C18H17N5O3S. The number of urea groups is 1. The van der Waals surface area contributed by atoms with E-state index < -0.39 is 17.5 Å². The van der Waals surface area contributed by atoms with E-state index in [0.29, 0.717) is 16.3 Å². The zero-order chi connectivity index (χ0) is 19.6. The number of ether oxygens (including phenoxy) is 1. The molecule has 2 aromatic rings. The second-order valence-electron chi connectivity index (χ2n) is 6.02. The van der Waals surface area contributed by atoms with Crippen LogP contribution in [0.5, 0.6) is 5.75 Å². The number of nitriles is 1. The summed E-state index contributed by atoms with van der Waals surface area (Å²) < 4.78 is 5.12. The summed E-state index contributed by atoms with van der Waals surface area (Å²) in [6.45, 7) is 3.44. The summed E-state index contributed by atoms with van der Waals surface area (Å²) in [6.07, 6.45) is 1.30. The standard InChI is InChI=1S/C18H17N5O3S/c1-11-10-27-15(21-11)12(8-19)9-20-23-16(24)18(2,22-17(23)25)13-4-6-14(26-3)7-5-13/h4-7,9-10,20H,1-3H3,(H,22,25)/b12-9+/t18-/m0/s1. The number of benzene rings is 1. The molecule has 9 heteroatoms. The third-order valence-corrected chi connectivity index (χ3v) is 5.16. The quantitative estimate of drug-likeness (QED) is 0.606. The van der Waals surface area contributed by atoms with E-state index in [1.54, 1.807) is 38.3 Å². The van der Waals surface area contributed by atoms with Gasteiger partial charge in [0.25, 0.3) is 5.91 Å². The van der Waals surface area contributed by atoms with Gasteiger partial charge in [0, 0.05) is 17.3 Å². The van der Waals surface area contributed by atoms with Crippen molar-refractivity contribution < 1.29 is 14.3 Å². The maximum absolute atomic E-state index is 12.9. The van der Waals surface area contributed by atoms with Crippen LogP contribution in [-0.4, -0.2) is 29.0 Å². The molecule has 8 nitrogen and oxygen atoms in total. The minimum atomic E-state index is -1.23. The number of hydrazine groups is 1. The highest BCUT2D eigenvalue weighted by atomic mass is 32.1. The predicted octanol–water partition coefficient (Wildman–Crippen LogP) is 2.30. The van der Waals surface area contributed by atoms with Gasteiger partial charge in [-0.1, -0.05) is 12.1 Å². The summed E-state index contributed by atoms with van der Waals surface area (Å²) in [6, 6.07) is 8.27. The van der Waals surface area contributed by atoms with Crippen molar-refractivity contribution in [2.75, 3.05) is 7.11 Å². The van der Waals surface area contributed by atoms with E-state index in [9.17, 15) is 14.9 Å². The summed E-state index contributed by atoms with van der Waals surface area (Å²) in [4.78, 5) is 29.4. The van der Waals surface area contributed by atoms with Gasteiger partial charge in [0.05, 0.1) is 7.11 Å². The number of nitrogens with one attached hydrogen (secondary N) is 2. The summed E-state index contributed by atoms with van der Waals surface area (Å²) in [5, 5.41) is 15.2. The molecule has 0 aliphatic carbocycles. The summed E-state index contributed by atoms with van der Waals surface area (Å²) in [5.74, 6) is 0.163. The number of nitrogens with zero attached hydrogens (tertiary/aromatic N) is 3. The van der Waals surface area contributed by atoms with Crippen LogP contribution in [0.2, 0.25) is 0 Å². The second kappa shape index (κ2) is 7.09. The molecule has 1 saturated heterocycles. The Morgan fingerprint density at radius 1 is 1.41 bits per heavy atom. The molecule has 27 heavy (non-hydrogen) atoms. The molecular weight excluding hydrogens is 366 g/mol. The van der Waals surface area contributed by atoms with Crippen molar-refractivity contribution in [1.82, 2.24) is 20.7 Å². The molecule has 0 bridgehead atoms. The minimum Gasteiger partial charge on any atom is -0.497 e. The van der Waals surface area contributed by atoms with Crippen LogP contribution in [0.1, 0.15) is 23.2 Å². The second-order valence-corrected chi connectivity index (χ2v) is 6.88. The number of carbonyl (C=O) groups excluding carboxylic acids is 2. The van der Waals surface area contributed by atoms with E-state index in [1.165, 1.54) is 17.5 Å². The minimum absolute atomic E-state index is 0.228. The molecule has 1 aliphatic heterocycles. The number of carbonyl (C=O) groups is 2. The van der Waals surface area contributed by atoms with Gasteiger partial charge in [0.2, 0.25) is 0 Å². The van der Waals surface area contributed by atoms with Gasteiger partial charge < -0.3 is 10.1 Å². The van der Waals surface area contributed by atoms with Crippen molar-refractivity contribution in [2.45, 2.75) is 19.4 Å². The maximum Gasteiger partial charge on any atom is 0.344 e. The number of imide groups is 1. The molecule has 0 radical (unpaired) electrons. The number of allylic oxidation sites excluding steroid dienone is 1. The lowest BCUT2D eigenvalue weighted by Gasteiger charge is -2.22. The fraction of sp³-hybridized carbons (Fsp3) is 0.222. The average Bonchev–Trinajstić information content (AvgIpc) is 3.19. The van der Waals surface area contributed by atoms with Crippen molar-refractivity contribution in [3.05, 3.63) is 52.1 Å². The number of hydrogen-bond acceptors (Lipinski definition) is 7. The molecule has 2 N–H and O–H groups in total. The first-order valence-electron chi connectivity index (χ1n) is 7.99. The third-order valence-electron chi connectivity index (χ3n) is 4.17. The molecule has 1 aromatic heterocycles. The molecule has 138 valence electrons. The van der Waals surface area contributed by atoms with E-state index in [-0.39, 0.29) is 5.57 Å². The molecule has 2 heterocycles. The molecule has 1 aromatic carbocycles. The van der Waals surface area contributed by atoms with Crippen LogP contribution in [0, 0.1) is 18.3 Å². The number of aromatic nitrogens is 1. The average molecular weight is 383 g/mol. The lowest BCUT2D eigenvalue weighted by atomic mass is 9.92. The third kappa shape index (κ3) is 3.35. The number of thiazole rings is 1. The fourth-order valence-corrected chi connectivity index (χ4v) is 3.39. The first kappa shape index (κ1) is 18.4. The van der Waals surface area contributed by atoms with Gasteiger partial charge in [-0.3, -0.25) is 10.2 Å². The van der Waals surface area contributed by atoms with Crippen LogP contribution in [-0.2, 0) is 10.3 Å². The fourth-order valence-electron chi connectivity index (χ4n) is 2.62. The SMILES string of the molecule is COc1ccc([C@]2(C)NC(=O)N(N/C=C(\C#N)c3nc(C)cs3)C2=O)cc1. The molecule has 1 aliphatic rings. The lowest BCUT2D eigenvalue weighted by Crippen LogP contribution is -2.43. The van der Waals surface area contributed by atoms with E-state index in [4.69, 9.17) is 4.74 Å². The van der Waals surface area contributed by atoms with Gasteiger partial charge in [-0.15, -0.1) is 11.3 Å². The van der Waals surface area contributed by atoms with Crippen molar-refractivity contribution in [2.24, 2.45) is 0 Å². The Balaban J connectivity index is 1.83. The zero-order valence-corrected chi connectivity index (χ0v) is 15.8. The van der Waals surface area contributed by atoms with Gasteiger partial charge in [-0.2, -0.15) is 10.3 Å². The van der Waals surface area contributed by atoms with E-state index in [1.807, 2.05) is 18.4 Å². The van der Waals surface area contributed by atoms with Gasteiger partial charge >= 0.3 is 6.03 Å². The Kier molecular flexibility index (Phi) is 4.83. The highest BCUT2D eigenvalue weighted by Gasteiger charge is 2.49. The first-order valence-corrected chi connectivity index (χ1v) is 8.87. The highest BCUT2D eigenvalue weighted by Crippen LogP contribution is 2.29. The summed E-state index contributed by atoms with van der Waals surface area (Å²) in [5.41, 5.74) is 3.02. The Labute approximate surface area is 160 Å². The van der Waals surface area contributed by atoms with Crippen LogP contribution in [0.25, 0.3) is 5.57 Å². The maximum atomic E-state index is 12.9. The van der Waals surface area contributed by atoms with Crippen LogP contribution in [0.3, 0.4) is 0 Å². The molecule has 0 unspecified atom stereocenters. The Hall–Kier alpha value is -3.38. The van der Waals surface area contributed by atoms with Crippen LogP contribution in [0.15, 0.2) is 35.8 Å². The van der Waals surface area contributed by atoms with Crippen LogP contribution in [0.4, 0.5) is 4.79 Å². The number of methoxy groups -OCH3 is 1. The smallest absolute Gasteiger partial charge is 0.344 e. The number of aryl methyl sites for hydroxylation is 1. The zero-order valence-electron chi connectivity index (χ0n) is 14.9. The van der Waals surface area contributed by atoms with E-state index >= 15 is 0 Å². The largest absolute Gasteiger partial charge is 0.497 e. The van der Waals surface area contributed by atoms with Gasteiger partial charge in [0.15, 0.2) is 0 Å². The summed E-state index contributed by atoms with van der Waals surface area (Å²) in [7, 11) is 1.55. The van der Waals surface area contributed by atoms with Crippen molar-refractivity contribution >= 4 is 28.8 Å². The topological polar surface area (TPSA) is 107 Å². The van der Waals surface area contributed by atoms with Crippen molar-refractivity contribution in [3.63, 3.8) is 0 Å². The first-order chi connectivity index (χ1) is 12.9. The van der Waals surface area contributed by atoms with E-state index in [0.717, 1.165) is 10.7 Å². The monoisotopic (exact) mass is 383 g/mol. The molecule has 3 rings (SSSR count). The van der Waals surface area contributed by atoms with E-state index in [2.05, 4.69) is 15.7 Å². The van der Waals surface area contributed by atoms with Gasteiger partial charge in [-0.05, 0) is 31.5 Å². The molecule has 1 atom stereocenters. The van der Waals surface area contributed by atoms with Crippen molar-refractivity contribution in [1.29, 1.82) is 5.26 Å². The molecule has 1 fully saturated rings. The number of hydrogen-bond donors (Lipinski definition) is 2. The Morgan fingerprint density at radius 3 is 2.67 bits per heavy atom. The molecule has 0 spiro atoms. The van der Waals surface area contributed by atoms with Crippen LogP contribution < -0.4 is 15.5 Å². The lowest BCUT2D eigenvalue weighted by molar-refractivity contribution is -0.132. The number of amides is 3. The molecule has 3 amide bonds. The highest BCUT2D eigenvalue weighted by molar-refractivity contribution is 7.10. The Morgan fingerprint density at radius 2 is 2.11 bits per heavy atom. The predicted molar refractivity (Wildman–Crippen MR) is 99.3 cm³/mol. The summed E-state index contributed by atoms with van der Waals surface area (Å²) >= 11 is 1.31. The van der Waals surface area contributed by atoms with Gasteiger partial charge in [0.1, 0.15) is 27.9 Å². The van der Waals surface area contributed by atoms with Crippen molar-refractivity contribution in [3.8, 4) is 11.8 Å². The van der Waals surface area contributed by atoms with Crippen LogP contribution >= 0.6 is 11.3 Å². The number of rotatable bonds is 5. The normalized spacial score (nSPS) is 19.6. The Bertz CT molecular complexity index is 960.